The molecule has 8 heteroatoms. The van der Waals surface area contributed by atoms with E-state index >= 15 is 0 Å². The molecule has 2 unspecified atom stereocenters. The van der Waals surface area contributed by atoms with Crippen molar-refractivity contribution in [1.29, 1.82) is 0 Å². The van der Waals surface area contributed by atoms with E-state index in [0.717, 1.165) is 91.6 Å². The van der Waals surface area contributed by atoms with Crippen LogP contribution in [0.1, 0.15) is 75.0 Å². The Morgan fingerprint density at radius 3 is 2.38 bits per heavy atom. The summed E-state index contributed by atoms with van der Waals surface area (Å²) in [7, 11) is -1.07. The maximum atomic E-state index is 13.4. The van der Waals surface area contributed by atoms with Gasteiger partial charge in [0.05, 0.1) is 33.4 Å². The summed E-state index contributed by atoms with van der Waals surface area (Å²) in [5.74, 6) is 2.05. The highest BCUT2D eigenvalue weighted by atomic mass is 35.5. The average molecular weight is 499 g/mol. The van der Waals surface area contributed by atoms with Crippen molar-refractivity contribution < 1.29 is 9.32 Å². The zero-order chi connectivity index (χ0) is 23.1. The fourth-order valence-corrected chi connectivity index (χ4v) is 8.68. The van der Waals surface area contributed by atoms with Crippen LogP contribution in [0.3, 0.4) is 0 Å². The van der Waals surface area contributed by atoms with Gasteiger partial charge in [-0.1, -0.05) is 23.7 Å². The van der Waals surface area contributed by atoms with Gasteiger partial charge in [0.15, 0.2) is 0 Å². The van der Waals surface area contributed by atoms with E-state index in [1.165, 1.54) is 5.56 Å². The number of rotatable bonds is 5. The predicted octanol–water partition coefficient (Wildman–Crippen LogP) is 4.57. The molecule has 1 aromatic heterocycles. The fourth-order valence-electron chi connectivity index (χ4n) is 6.78. The Balaban J connectivity index is 1.23. The van der Waals surface area contributed by atoms with Crippen molar-refractivity contribution in [3.8, 4) is 0 Å². The summed E-state index contributed by atoms with van der Waals surface area (Å²) in [6, 6.07) is 9.18. The Bertz CT molecular complexity index is 1140. The van der Waals surface area contributed by atoms with Gasteiger partial charge in [0.25, 0.3) is 0 Å². The molecule has 1 spiro atoms. The SMILES string of the molecule is O=[S@@]1c2c(nc(N3C4CCC3CC(c3ccc(Cl)cc3)C4)nc2NC2(CO)CCC2)CC12CC2. The van der Waals surface area contributed by atoms with Crippen LogP contribution in [0, 0.1) is 0 Å². The van der Waals surface area contributed by atoms with Gasteiger partial charge in [0.2, 0.25) is 5.95 Å². The number of fused-ring (bicyclic) bond motifs is 3. The zero-order valence-corrected chi connectivity index (χ0v) is 20.9. The van der Waals surface area contributed by atoms with Gasteiger partial charge in [-0.05, 0) is 81.4 Å². The number of nitrogens with one attached hydrogen (secondary N) is 1. The number of aliphatic hydroxyl groups is 1. The van der Waals surface area contributed by atoms with Gasteiger partial charge in [-0.25, -0.2) is 4.98 Å². The summed E-state index contributed by atoms with van der Waals surface area (Å²) in [6.45, 7) is 0.0800. The Hall–Kier alpha value is -1.70. The molecule has 2 aliphatic carbocycles. The van der Waals surface area contributed by atoms with Crippen molar-refractivity contribution in [2.75, 3.05) is 16.8 Å². The summed E-state index contributed by atoms with van der Waals surface area (Å²) in [5, 5.41) is 14.5. The number of hydrogen-bond donors (Lipinski definition) is 2. The molecule has 2 N–H and O–H groups in total. The van der Waals surface area contributed by atoms with Gasteiger partial charge in [-0.15, -0.1) is 0 Å². The largest absolute Gasteiger partial charge is 0.394 e. The summed E-state index contributed by atoms with van der Waals surface area (Å²) in [4.78, 5) is 13.4. The number of anilines is 2. The summed E-state index contributed by atoms with van der Waals surface area (Å²) < 4.78 is 13.3. The quantitative estimate of drug-likeness (QED) is 0.628. The van der Waals surface area contributed by atoms with Crippen molar-refractivity contribution in [1.82, 2.24) is 9.97 Å². The van der Waals surface area contributed by atoms with E-state index in [4.69, 9.17) is 21.6 Å². The van der Waals surface area contributed by atoms with Crippen LogP contribution < -0.4 is 10.2 Å². The molecule has 1 aromatic carbocycles. The van der Waals surface area contributed by atoms with Crippen molar-refractivity contribution in [2.24, 2.45) is 0 Å². The minimum atomic E-state index is -1.07. The third-order valence-electron chi connectivity index (χ3n) is 9.10. The van der Waals surface area contributed by atoms with Crippen LogP contribution in [-0.2, 0) is 17.2 Å². The molecule has 3 atom stereocenters. The fraction of sp³-hybridized carbons (Fsp3) is 0.615. The highest BCUT2D eigenvalue weighted by Gasteiger charge is 2.56. The molecule has 2 saturated heterocycles. The lowest BCUT2D eigenvalue weighted by atomic mass is 9.77. The number of aromatic nitrogens is 2. The summed E-state index contributed by atoms with van der Waals surface area (Å²) in [6.07, 6.45) is 10.3. The highest BCUT2D eigenvalue weighted by molar-refractivity contribution is 7.87. The Morgan fingerprint density at radius 1 is 1.09 bits per heavy atom. The first-order valence-electron chi connectivity index (χ1n) is 12.7. The van der Waals surface area contributed by atoms with E-state index in [2.05, 4.69) is 22.3 Å². The molecule has 0 radical (unpaired) electrons. The third-order valence-corrected chi connectivity index (χ3v) is 11.5. The van der Waals surface area contributed by atoms with E-state index in [9.17, 15) is 9.32 Å². The summed E-state index contributed by atoms with van der Waals surface area (Å²) in [5.41, 5.74) is 2.01. The van der Waals surface area contributed by atoms with Gasteiger partial charge in [0.1, 0.15) is 10.7 Å². The average Bonchev–Trinajstić information content (AvgIpc) is 3.47. The second kappa shape index (κ2) is 7.65. The van der Waals surface area contributed by atoms with Crippen LogP contribution in [0.15, 0.2) is 29.2 Å². The number of hydrogen-bond acceptors (Lipinski definition) is 6. The number of aliphatic hydroxyl groups excluding tert-OH is 1. The van der Waals surface area contributed by atoms with E-state index in [0.29, 0.717) is 18.0 Å². The maximum Gasteiger partial charge on any atom is 0.228 e. The topological polar surface area (TPSA) is 78.4 Å². The maximum absolute atomic E-state index is 13.4. The first kappa shape index (κ1) is 21.6. The zero-order valence-electron chi connectivity index (χ0n) is 19.3. The molecular weight excluding hydrogens is 468 g/mol. The Morgan fingerprint density at radius 2 is 1.79 bits per heavy atom. The first-order valence-corrected chi connectivity index (χ1v) is 14.3. The lowest BCUT2D eigenvalue weighted by Gasteiger charge is -2.42. The molecule has 3 aliphatic heterocycles. The number of nitrogens with zero attached hydrogens (tertiary/aromatic N) is 3. The van der Waals surface area contributed by atoms with Crippen LogP contribution in [0.5, 0.6) is 0 Å². The highest BCUT2D eigenvalue weighted by Crippen LogP contribution is 2.55. The van der Waals surface area contributed by atoms with Gasteiger partial charge >= 0.3 is 0 Å². The molecule has 5 aliphatic rings. The van der Waals surface area contributed by atoms with E-state index in [1.807, 2.05) is 12.1 Å². The molecule has 4 heterocycles. The van der Waals surface area contributed by atoms with Crippen LogP contribution in [0.25, 0.3) is 0 Å². The number of benzene rings is 1. The molecule has 34 heavy (non-hydrogen) atoms. The molecule has 7 rings (SSSR count). The lowest BCUT2D eigenvalue weighted by molar-refractivity contribution is 0.143. The standard InChI is InChI=1S/C26H31ClN4O2S/c27-18-4-2-16(3-5-18)17-12-19-6-7-20(13-17)31(19)24-28-21-14-26(10-11-26)34(33)22(21)23(29-24)30-25(15-32)8-1-9-25/h2-5,17,19-20,32H,1,6-15H2,(H,28,29,30)/t17?,19?,20?,34-/m1/s1. The third kappa shape index (κ3) is 3.26. The Labute approximate surface area is 208 Å². The van der Waals surface area contributed by atoms with Crippen molar-refractivity contribution in [2.45, 2.75) is 97.4 Å². The normalized spacial score (nSPS) is 31.9. The molecule has 2 saturated carbocycles. The monoisotopic (exact) mass is 498 g/mol. The van der Waals surface area contributed by atoms with Crippen LogP contribution in [-0.4, -0.2) is 48.3 Å². The van der Waals surface area contributed by atoms with E-state index in [-0.39, 0.29) is 16.9 Å². The number of halogens is 1. The minimum Gasteiger partial charge on any atom is -0.394 e. The minimum absolute atomic E-state index is 0.0800. The second-order valence-electron chi connectivity index (χ2n) is 11.2. The molecule has 2 bridgehead atoms. The molecule has 180 valence electrons. The van der Waals surface area contributed by atoms with Crippen LogP contribution in [0.2, 0.25) is 5.02 Å². The van der Waals surface area contributed by atoms with E-state index in [1.54, 1.807) is 0 Å². The second-order valence-corrected chi connectivity index (χ2v) is 13.5. The summed E-state index contributed by atoms with van der Waals surface area (Å²) >= 11 is 6.12. The number of piperidine rings is 1. The smallest absolute Gasteiger partial charge is 0.228 e. The van der Waals surface area contributed by atoms with Crippen molar-refractivity contribution >= 4 is 34.2 Å². The van der Waals surface area contributed by atoms with E-state index < -0.39 is 10.8 Å². The predicted molar refractivity (Wildman–Crippen MR) is 134 cm³/mol. The van der Waals surface area contributed by atoms with Crippen molar-refractivity contribution in [3.05, 3.63) is 40.5 Å². The molecule has 6 nitrogen and oxygen atoms in total. The van der Waals surface area contributed by atoms with Gasteiger partial charge in [0, 0.05) is 23.5 Å². The van der Waals surface area contributed by atoms with Crippen LogP contribution in [0.4, 0.5) is 11.8 Å². The van der Waals surface area contributed by atoms with Crippen molar-refractivity contribution in [3.63, 3.8) is 0 Å². The molecular formula is C26H31ClN4O2S. The Kier molecular flexibility index (Phi) is 4.85. The van der Waals surface area contributed by atoms with Crippen LogP contribution >= 0.6 is 11.6 Å². The lowest BCUT2D eigenvalue weighted by Crippen LogP contribution is -2.49. The molecule has 4 fully saturated rings. The molecule has 0 amide bonds. The van der Waals surface area contributed by atoms with Gasteiger partial charge in [-0.2, -0.15) is 4.98 Å². The molecule has 2 aromatic rings. The first-order chi connectivity index (χ1) is 16.5. The van der Waals surface area contributed by atoms with Gasteiger partial charge in [-0.3, -0.25) is 4.21 Å². The van der Waals surface area contributed by atoms with Gasteiger partial charge < -0.3 is 15.3 Å².